The summed E-state index contributed by atoms with van der Waals surface area (Å²) in [6.45, 7) is 12.2. The van der Waals surface area contributed by atoms with Crippen molar-refractivity contribution >= 4 is 77.3 Å². The average molecular weight is 817 g/mol. The standard InChI is InChI=1S/C17H16O5S.C10H6O2.C7H14O3S.C5H8O3.2CH4/c1-9(2)21-16(20)17(3)8-23-15-13(19)12(18)10-6-4-5-7-11(10)14(15)22-17;11-9-6-5-7-3-1-2-4-8(7)10(9)12;1-5(2)10-6(8)7(3,9)4-11;1-5(3-8-5)4(6)7-2;;/h4-7,9H,8H2,1-3H3;1-6H;5,9,11H,4H2,1-3H3;3H2,1-2H3;2*1H4. The number of rotatable bonds is 6. The summed E-state index contributed by atoms with van der Waals surface area (Å²) in [7, 11) is 1.36. The molecule has 0 amide bonds. The molecule has 0 spiro atoms. The van der Waals surface area contributed by atoms with Gasteiger partial charge >= 0.3 is 17.9 Å². The number of thiol groups is 1. The molecular formula is C41H52O13S2. The molecule has 0 aromatic heterocycles. The number of methoxy groups -OCH3 is 1. The zero-order chi connectivity index (χ0) is 40.6. The van der Waals surface area contributed by atoms with Crippen LogP contribution in [0, 0.1) is 0 Å². The average Bonchev–Trinajstić information content (AvgIpc) is 3.90. The van der Waals surface area contributed by atoms with Crippen LogP contribution >= 0.6 is 24.4 Å². The van der Waals surface area contributed by atoms with E-state index in [4.69, 9.17) is 18.9 Å². The van der Waals surface area contributed by atoms with E-state index >= 15 is 0 Å². The largest absolute Gasteiger partial charge is 0.473 e. The number of esters is 3. The van der Waals surface area contributed by atoms with E-state index in [9.17, 15) is 38.7 Å². The predicted molar refractivity (Wildman–Crippen MR) is 216 cm³/mol. The van der Waals surface area contributed by atoms with Gasteiger partial charge in [0.2, 0.25) is 28.7 Å². The van der Waals surface area contributed by atoms with Crippen LogP contribution in [0.3, 0.4) is 0 Å². The number of allylic oxidation sites excluding steroid dienone is 2. The normalized spacial score (nSPS) is 20.8. The van der Waals surface area contributed by atoms with Crippen LogP contribution in [0.4, 0.5) is 0 Å². The fourth-order valence-electron chi connectivity index (χ4n) is 4.54. The summed E-state index contributed by atoms with van der Waals surface area (Å²) >= 11 is 4.98. The first-order valence-electron chi connectivity index (χ1n) is 16.8. The van der Waals surface area contributed by atoms with Crippen molar-refractivity contribution in [1.29, 1.82) is 0 Å². The number of carbonyl (C=O) groups is 7. The van der Waals surface area contributed by atoms with Gasteiger partial charge in [0.15, 0.2) is 11.2 Å². The van der Waals surface area contributed by atoms with Crippen molar-refractivity contribution in [3.8, 4) is 0 Å². The Bertz CT molecular complexity index is 1870. The number of aliphatic hydroxyl groups is 1. The molecule has 0 radical (unpaired) electrons. The molecule has 0 saturated carbocycles. The highest BCUT2D eigenvalue weighted by Gasteiger charge is 2.49. The van der Waals surface area contributed by atoms with E-state index in [1.54, 1.807) is 84.0 Å². The maximum Gasteiger partial charge on any atom is 0.351 e. The third kappa shape index (κ3) is 12.2. The van der Waals surface area contributed by atoms with Gasteiger partial charge in [-0.15, -0.1) is 11.8 Å². The number of thioether (sulfide) groups is 1. The summed E-state index contributed by atoms with van der Waals surface area (Å²) in [6.07, 6.45) is 2.52. The van der Waals surface area contributed by atoms with Gasteiger partial charge in [0.25, 0.3) is 0 Å². The molecule has 2 aliphatic heterocycles. The maximum absolute atomic E-state index is 12.3. The summed E-state index contributed by atoms with van der Waals surface area (Å²) in [5.74, 6) is -2.76. The molecule has 306 valence electrons. The van der Waals surface area contributed by atoms with Gasteiger partial charge < -0.3 is 28.8 Å². The van der Waals surface area contributed by atoms with Gasteiger partial charge in [0.05, 0.1) is 25.9 Å². The molecule has 56 heavy (non-hydrogen) atoms. The zero-order valence-corrected chi connectivity index (χ0v) is 33.0. The number of benzene rings is 2. The van der Waals surface area contributed by atoms with E-state index in [0.29, 0.717) is 29.1 Å². The van der Waals surface area contributed by atoms with Crippen LogP contribution in [0.1, 0.15) is 95.2 Å². The number of hydrogen-bond donors (Lipinski definition) is 2. The smallest absolute Gasteiger partial charge is 0.351 e. The van der Waals surface area contributed by atoms with Crippen molar-refractivity contribution in [2.45, 2.75) is 92.3 Å². The molecule has 0 bridgehead atoms. The lowest BCUT2D eigenvalue weighted by Crippen LogP contribution is -2.46. The van der Waals surface area contributed by atoms with Crippen LogP contribution in [-0.4, -0.2) is 100 Å². The summed E-state index contributed by atoms with van der Waals surface area (Å²) in [4.78, 5) is 80.7. The van der Waals surface area contributed by atoms with E-state index in [0.717, 1.165) is 5.56 Å². The Morgan fingerprint density at radius 2 is 1.36 bits per heavy atom. The van der Waals surface area contributed by atoms with Gasteiger partial charge in [0, 0.05) is 28.2 Å². The molecule has 1 saturated heterocycles. The van der Waals surface area contributed by atoms with Crippen LogP contribution in [0.15, 0.2) is 59.5 Å². The van der Waals surface area contributed by atoms with E-state index in [1.165, 1.54) is 31.9 Å². The zero-order valence-electron chi connectivity index (χ0n) is 31.3. The van der Waals surface area contributed by atoms with Crippen LogP contribution in [0.25, 0.3) is 11.8 Å². The molecule has 2 heterocycles. The molecule has 6 rings (SSSR count). The van der Waals surface area contributed by atoms with Crippen molar-refractivity contribution in [1.82, 2.24) is 0 Å². The summed E-state index contributed by atoms with van der Waals surface area (Å²) in [6, 6.07) is 13.8. The van der Waals surface area contributed by atoms with Gasteiger partial charge in [-0.2, -0.15) is 12.6 Å². The van der Waals surface area contributed by atoms with Crippen molar-refractivity contribution in [3.05, 3.63) is 81.8 Å². The fraction of sp³-hybridized carbons (Fsp3) is 0.439. The van der Waals surface area contributed by atoms with E-state index in [1.807, 2.05) is 12.1 Å². The first-order chi connectivity index (χ1) is 25.2. The number of carbonyl (C=O) groups excluding carboxylic acids is 7. The van der Waals surface area contributed by atoms with Gasteiger partial charge in [-0.05, 0) is 60.1 Å². The number of hydrogen-bond acceptors (Lipinski definition) is 15. The minimum Gasteiger partial charge on any atom is -0.473 e. The van der Waals surface area contributed by atoms with Crippen molar-refractivity contribution in [3.63, 3.8) is 0 Å². The van der Waals surface area contributed by atoms with E-state index in [-0.39, 0.29) is 49.4 Å². The molecule has 3 atom stereocenters. The molecular weight excluding hydrogens is 765 g/mol. The number of fused-ring (bicyclic) bond motifs is 3. The summed E-state index contributed by atoms with van der Waals surface area (Å²) in [5, 5.41) is 9.29. The molecule has 1 fully saturated rings. The lowest BCUT2D eigenvalue weighted by atomic mass is 9.93. The molecule has 2 aliphatic carbocycles. The number of ketones is 4. The van der Waals surface area contributed by atoms with Gasteiger partial charge in [-0.1, -0.05) is 69.5 Å². The van der Waals surface area contributed by atoms with Crippen LogP contribution < -0.4 is 0 Å². The number of epoxide rings is 1. The predicted octanol–water partition coefficient (Wildman–Crippen LogP) is 5.90. The van der Waals surface area contributed by atoms with Gasteiger partial charge in [-0.25, -0.2) is 14.4 Å². The Labute approximate surface area is 337 Å². The second-order valence-electron chi connectivity index (χ2n) is 13.4. The molecule has 2 aromatic rings. The first kappa shape index (κ1) is 49.4. The lowest BCUT2D eigenvalue weighted by Gasteiger charge is -2.36. The first-order valence-corrected chi connectivity index (χ1v) is 18.4. The topological polar surface area (TPSA) is 189 Å². The van der Waals surface area contributed by atoms with Crippen molar-refractivity contribution < 1.29 is 62.4 Å². The Morgan fingerprint density at radius 3 is 1.86 bits per heavy atom. The number of Topliss-reactive ketones (excluding diaryl/α,β-unsaturated/α-hetero) is 3. The Morgan fingerprint density at radius 1 is 0.821 bits per heavy atom. The Hall–Kier alpha value is -4.57. The van der Waals surface area contributed by atoms with Crippen molar-refractivity contribution in [2.24, 2.45) is 0 Å². The lowest BCUT2D eigenvalue weighted by molar-refractivity contribution is -0.165. The quantitative estimate of drug-likeness (QED) is 0.115. The molecule has 3 unspecified atom stereocenters. The van der Waals surface area contributed by atoms with E-state index in [2.05, 4.69) is 17.4 Å². The molecule has 4 aliphatic rings. The SMILES string of the molecule is C.C.CC(C)OC(=O)C(C)(O)CS.CC(C)OC(=O)C1(C)CSC2=C(O1)c1ccccc1C(=O)C2=O.COC(=O)C1(C)CO1.O=C1C=Cc2ccccc2C1=O. The second kappa shape index (κ2) is 20.6. The molecule has 2 aromatic carbocycles. The van der Waals surface area contributed by atoms with Crippen LogP contribution in [0.5, 0.6) is 0 Å². The third-order valence-electron chi connectivity index (χ3n) is 7.76. The number of ether oxygens (including phenoxy) is 5. The molecule has 15 heteroatoms. The van der Waals surface area contributed by atoms with Crippen molar-refractivity contribution in [2.75, 3.05) is 25.2 Å². The minimum atomic E-state index is -1.46. The monoisotopic (exact) mass is 816 g/mol. The van der Waals surface area contributed by atoms with Crippen LogP contribution in [-0.2, 0) is 47.7 Å². The van der Waals surface area contributed by atoms with Gasteiger partial charge in [-0.3, -0.25) is 19.2 Å². The highest BCUT2D eigenvalue weighted by Crippen LogP contribution is 2.44. The molecule has 1 N–H and O–H groups in total. The van der Waals surface area contributed by atoms with Crippen LogP contribution in [0.2, 0.25) is 0 Å². The van der Waals surface area contributed by atoms with E-state index < -0.39 is 51.9 Å². The second-order valence-corrected chi connectivity index (χ2v) is 14.8. The third-order valence-corrected chi connectivity index (χ3v) is 9.73. The maximum atomic E-state index is 12.3. The highest BCUT2D eigenvalue weighted by molar-refractivity contribution is 8.04. The molecule has 13 nitrogen and oxygen atoms in total. The van der Waals surface area contributed by atoms with Gasteiger partial charge in [0.1, 0.15) is 10.7 Å². The Kier molecular flexibility index (Phi) is 18.1. The highest BCUT2D eigenvalue weighted by atomic mass is 32.2. The minimum absolute atomic E-state index is 0. The fourth-order valence-corrected chi connectivity index (χ4v) is 5.77. The summed E-state index contributed by atoms with van der Waals surface area (Å²) < 4.78 is 25.1. The summed E-state index contributed by atoms with van der Waals surface area (Å²) in [5.41, 5.74) is -1.09. The Balaban J connectivity index is 0.000000404.